The lowest BCUT2D eigenvalue weighted by Gasteiger charge is -2.15. The summed E-state index contributed by atoms with van der Waals surface area (Å²) in [5.74, 6) is 1.26. The van der Waals surface area contributed by atoms with Crippen LogP contribution in [0.15, 0.2) is 23.3 Å². The second kappa shape index (κ2) is 5.16. The molecular weight excluding hydrogens is 308 g/mol. The molecule has 6 nitrogen and oxygen atoms in total. The summed E-state index contributed by atoms with van der Waals surface area (Å²) >= 11 is 3.35. The van der Waals surface area contributed by atoms with Gasteiger partial charge in [0.05, 0.1) is 11.9 Å². The number of nitrogens with one attached hydrogen (secondary N) is 1. The van der Waals surface area contributed by atoms with E-state index >= 15 is 0 Å². The predicted molar refractivity (Wildman–Crippen MR) is 77.1 cm³/mol. The summed E-state index contributed by atoms with van der Waals surface area (Å²) < 4.78 is 2.43. The molecule has 0 atom stereocenters. The van der Waals surface area contributed by atoms with Gasteiger partial charge in [0.2, 0.25) is 5.95 Å². The second-order valence-corrected chi connectivity index (χ2v) is 5.38. The summed E-state index contributed by atoms with van der Waals surface area (Å²) in [6.45, 7) is 0. The molecule has 7 heteroatoms. The maximum atomic E-state index is 5.93. The molecule has 1 saturated carbocycles. The average molecular weight is 323 g/mol. The quantitative estimate of drug-likeness (QED) is 0.906. The predicted octanol–water partition coefficient (Wildman–Crippen LogP) is 2.36. The number of nitrogen functional groups attached to an aromatic ring is 1. The first-order valence-corrected chi connectivity index (χ1v) is 7.11. The fourth-order valence-corrected chi connectivity index (χ4v) is 2.71. The van der Waals surface area contributed by atoms with E-state index in [1.165, 1.54) is 25.7 Å². The van der Waals surface area contributed by atoms with Crippen LogP contribution in [0.1, 0.15) is 25.7 Å². The number of nitrogens with two attached hydrogens (primary N) is 1. The van der Waals surface area contributed by atoms with Crippen molar-refractivity contribution < 1.29 is 0 Å². The molecule has 0 amide bonds. The van der Waals surface area contributed by atoms with Crippen molar-refractivity contribution in [2.45, 2.75) is 31.7 Å². The van der Waals surface area contributed by atoms with Gasteiger partial charge >= 0.3 is 0 Å². The molecule has 0 saturated heterocycles. The van der Waals surface area contributed by atoms with E-state index in [0.29, 0.717) is 28.2 Å². The zero-order chi connectivity index (χ0) is 13.2. The van der Waals surface area contributed by atoms with Gasteiger partial charge in [0, 0.05) is 18.4 Å². The Hall–Kier alpha value is -1.63. The molecule has 3 rings (SSSR count). The van der Waals surface area contributed by atoms with E-state index in [2.05, 4.69) is 36.2 Å². The second-order valence-electron chi connectivity index (χ2n) is 4.67. The van der Waals surface area contributed by atoms with E-state index in [-0.39, 0.29) is 0 Å². The normalized spacial score (nSPS) is 15.8. The van der Waals surface area contributed by atoms with E-state index in [0.717, 1.165) is 0 Å². The van der Waals surface area contributed by atoms with Crippen molar-refractivity contribution in [3.05, 3.63) is 23.3 Å². The van der Waals surface area contributed by atoms with Crippen molar-refractivity contribution in [1.29, 1.82) is 0 Å². The Morgan fingerprint density at radius 2 is 2.11 bits per heavy atom. The van der Waals surface area contributed by atoms with E-state index in [4.69, 9.17) is 5.73 Å². The maximum Gasteiger partial charge on any atom is 0.237 e. The number of aromatic nitrogens is 4. The molecular formula is C12H15BrN6. The minimum absolute atomic E-state index is 0.469. The number of hydrogen-bond donors (Lipinski definition) is 2. The molecule has 2 heterocycles. The Morgan fingerprint density at radius 1 is 1.32 bits per heavy atom. The molecule has 0 aliphatic heterocycles. The summed E-state index contributed by atoms with van der Waals surface area (Å²) in [6.07, 6.45) is 10.0. The SMILES string of the molecule is Nc1cnc(-n2ccnc2Br)nc1NC1CCCC1. The van der Waals surface area contributed by atoms with Crippen molar-refractivity contribution in [2.75, 3.05) is 11.1 Å². The molecule has 3 N–H and O–H groups in total. The number of imidazole rings is 1. The Labute approximate surface area is 119 Å². The van der Waals surface area contributed by atoms with E-state index < -0.39 is 0 Å². The van der Waals surface area contributed by atoms with Crippen LogP contribution in [-0.4, -0.2) is 25.6 Å². The van der Waals surface area contributed by atoms with Gasteiger partial charge < -0.3 is 11.1 Å². The van der Waals surface area contributed by atoms with Crippen molar-refractivity contribution >= 4 is 27.4 Å². The Morgan fingerprint density at radius 3 is 2.79 bits per heavy atom. The smallest absolute Gasteiger partial charge is 0.237 e. The molecule has 0 radical (unpaired) electrons. The minimum Gasteiger partial charge on any atom is -0.394 e. The highest BCUT2D eigenvalue weighted by Gasteiger charge is 2.17. The van der Waals surface area contributed by atoms with Gasteiger partial charge in [-0.25, -0.2) is 9.97 Å². The number of rotatable bonds is 3. The molecule has 1 fully saturated rings. The highest BCUT2D eigenvalue weighted by atomic mass is 79.9. The van der Waals surface area contributed by atoms with Crippen LogP contribution < -0.4 is 11.1 Å². The van der Waals surface area contributed by atoms with Gasteiger partial charge in [0.25, 0.3) is 0 Å². The van der Waals surface area contributed by atoms with Gasteiger partial charge in [0.15, 0.2) is 10.6 Å². The third-order valence-electron chi connectivity index (χ3n) is 3.31. The summed E-state index contributed by atoms with van der Waals surface area (Å²) in [5, 5.41) is 3.41. The van der Waals surface area contributed by atoms with Crippen LogP contribution in [0.4, 0.5) is 11.5 Å². The third-order valence-corrected chi connectivity index (χ3v) is 3.90. The Balaban J connectivity index is 1.89. The third kappa shape index (κ3) is 2.56. The van der Waals surface area contributed by atoms with Crippen LogP contribution in [0.3, 0.4) is 0 Å². The lowest BCUT2D eigenvalue weighted by molar-refractivity contribution is 0.748. The first kappa shape index (κ1) is 12.4. The maximum absolute atomic E-state index is 5.93. The van der Waals surface area contributed by atoms with E-state index in [1.54, 1.807) is 23.2 Å². The Kier molecular flexibility index (Phi) is 3.37. The largest absolute Gasteiger partial charge is 0.394 e. The van der Waals surface area contributed by atoms with E-state index in [9.17, 15) is 0 Å². The first-order valence-electron chi connectivity index (χ1n) is 6.32. The van der Waals surface area contributed by atoms with Gasteiger partial charge in [-0.15, -0.1) is 0 Å². The molecule has 100 valence electrons. The molecule has 2 aromatic heterocycles. The number of hydrogen-bond acceptors (Lipinski definition) is 5. The summed E-state index contributed by atoms with van der Waals surface area (Å²) in [4.78, 5) is 12.8. The van der Waals surface area contributed by atoms with Crippen molar-refractivity contribution in [2.24, 2.45) is 0 Å². The standard InChI is InChI=1S/C12H15BrN6/c13-11-15-5-6-19(11)12-16-7-9(14)10(18-12)17-8-3-1-2-4-8/h5-8H,1-4,14H2,(H,16,17,18). The molecule has 0 unspecified atom stereocenters. The molecule has 2 aromatic rings. The number of halogens is 1. The molecule has 19 heavy (non-hydrogen) atoms. The monoisotopic (exact) mass is 322 g/mol. The Bertz CT molecular complexity index is 575. The lowest BCUT2D eigenvalue weighted by atomic mass is 10.2. The van der Waals surface area contributed by atoms with Gasteiger partial charge in [-0.05, 0) is 28.8 Å². The fourth-order valence-electron chi connectivity index (χ4n) is 2.31. The van der Waals surface area contributed by atoms with Crippen LogP contribution in [0.5, 0.6) is 0 Å². The average Bonchev–Trinajstić information content (AvgIpc) is 3.04. The van der Waals surface area contributed by atoms with Gasteiger partial charge in [-0.1, -0.05) is 12.8 Å². The van der Waals surface area contributed by atoms with Crippen LogP contribution in [0.25, 0.3) is 5.95 Å². The molecule has 0 aromatic carbocycles. The van der Waals surface area contributed by atoms with Gasteiger partial charge in [-0.3, -0.25) is 4.57 Å². The minimum atomic E-state index is 0.469. The highest BCUT2D eigenvalue weighted by molar-refractivity contribution is 9.10. The van der Waals surface area contributed by atoms with Crippen LogP contribution in [-0.2, 0) is 0 Å². The number of nitrogens with zero attached hydrogens (tertiary/aromatic N) is 4. The molecule has 1 aliphatic rings. The topological polar surface area (TPSA) is 81.7 Å². The molecule has 0 spiro atoms. The van der Waals surface area contributed by atoms with Crippen LogP contribution in [0.2, 0.25) is 0 Å². The van der Waals surface area contributed by atoms with Gasteiger partial charge in [-0.2, -0.15) is 4.98 Å². The van der Waals surface area contributed by atoms with E-state index in [1.807, 2.05) is 0 Å². The fraction of sp³-hybridized carbons (Fsp3) is 0.417. The van der Waals surface area contributed by atoms with Crippen LogP contribution in [0, 0.1) is 0 Å². The lowest BCUT2D eigenvalue weighted by Crippen LogP contribution is -2.18. The molecule has 1 aliphatic carbocycles. The van der Waals surface area contributed by atoms with Crippen molar-refractivity contribution in [3.63, 3.8) is 0 Å². The highest BCUT2D eigenvalue weighted by Crippen LogP contribution is 2.24. The first-order chi connectivity index (χ1) is 9.24. The summed E-state index contributed by atoms with van der Waals surface area (Å²) in [5.41, 5.74) is 6.51. The number of anilines is 2. The van der Waals surface area contributed by atoms with Crippen molar-refractivity contribution in [1.82, 2.24) is 19.5 Å². The summed E-state index contributed by atoms with van der Waals surface area (Å²) in [7, 11) is 0. The zero-order valence-corrected chi connectivity index (χ0v) is 12.0. The summed E-state index contributed by atoms with van der Waals surface area (Å²) in [6, 6.07) is 0.469. The van der Waals surface area contributed by atoms with Crippen molar-refractivity contribution in [3.8, 4) is 5.95 Å². The molecule has 0 bridgehead atoms. The zero-order valence-electron chi connectivity index (χ0n) is 10.4. The van der Waals surface area contributed by atoms with Gasteiger partial charge in [0.1, 0.15) is 0 Å². The van der Waals surface area contributed by atoms with Crippen LogP contribution >= 0.6 is 15.9 Å².